The number of esters is 1. The van der Waals surface area contributed by atoms with Gasteiger partial charge in [0.15, 0.2) is 5.96 Å². The van der Waals surface area contributed by atoms with Gasteiger partial charge in [-0.25, -0.2) is 4.79 Å². The number of hydrogen-bond donors (Lipinski definition) is 6. The second-order valence-corrected chi connectivity index (χ2v) is 9.24. The van der Waals surface area contributed by atoms with E-state index in [-0.39, 0.29) is 61.2 Å². The largest absolute Gasteiger partial charge is 0.423 e. The van der Waals surface area contributed by atoms with Crippen LogP contribution in [0, 0.1) is 10.8 Å². The van der Waals surface area contributed by atoms with Gasteiger partial charge in [-0.3, -0.25) is 20.5 Å². The minimum Gasteiger partial charge on any atom is -0.423 e. The number of nitrogens with two attached hydrogens (primary N) is 2. The SMILES string of the molecule is Cl.Cl.Cl.N=C(NCCCN1CCOCC1)Nc1ccc(C(=O)Oc2ccc3cc(C(=N)N)ccc3c2CC(N)=O)cc1. The number of anilines is 1. The van der Waals surface area contributed by atoms with Crippen LogP contribution in [0.3, 0.4) is 0 Å². The Morgan fingerprint density at radius 3 is 2.24 bits per heavy atom. The predicted molar refractivity (Wildman–Crippen MR) is 172 cm³/mol. The monoisotopic (exact) mass is 639 g/mol. The number of amidine groups is 1. The third-order valence-electron chi connectivity index (χ3n) is 6.40. The number of halogens is 3. The highest BCUT2D eigenvalue weighted by Crippen LogP contribution is 2.30. The van der Waals surface area contributed by atoms with E-state index in [2.05, 4.69) is 15.5 Å². The second-order valence-electron chi connectivity index (χ2n) is 9.24. The molecule has 11 nitrogen and oxygen atoms in total. The summed E-state index contributed by atoms with van der Waals surface area (Å²) in [4.78, 5) is 27.0. The van der Waals surface area contributed by atoms with Crippen LogP contribution >= 0.6 is 37.2 Å². The lowest BCUT2D eigenvalue weighted by molar-refractivity contribution is -0.117. The van der Waals surface area contributed by atoms with Crippen molar-refractivity contribution in [3.8, 4) is 5.75 Å². The summed E-state index contributed by atoms with van der Waals surface area (Å²) in [5, 5.41) is 23.2. The summed E-state index contributed by atoms with van der Waals surface area (Å²) in [6.07, 6.45) is 0.795. The number of ether oxygens (including phenoxy) is 2. The molecule has 42 heavy (non-hydrogen) atoms. The van der Waals surface area contributed by atoms with E-state index in [4.69, 9.17) is 31.8 Å². The van der Waals surface area contributed by atoms with Gasteiger partial charge < -0.3 is 31.6 Å². The van der Waals surface area contributed by atoms with Crippen LogP contribution in [0.2, 0.25) is 0 Å². The standard InChI is InChI=1S/C28H33N7O4.3ClH/c29-25(36)17-23-22-8-4-20(26(30)31)16-19(22)5-9-24(23)39-27(37)18-2-6-21(7-3-18)34-28(32)33-10-1-11-35-12-14-38-15-13-35;;;/h2-9,16H,1,10-15,17H2,(H2,29,36)(H3,30,31)(H3,32,33,34);3*1H. The Bertz CT molecular complexity index is 1380. The molecule has 4 rings (SSSR count). The van der Waals surface area contributed by atoms with Crippen molar-refractivity contribution < 1.29 is 19.1 Å². The van der Waals surface area contributed by atoms with Crippen molar-refractivity contribution in [1.82, 2.24) is 10.2 Å². The third-order valence-corrected chi connectivity index (χ3v) is 6.40. The van der Waals surface area contributed by atoms with Crippen molar-refractivity contribution in [3.05, 3.63) is 71.3 Å². The van der Waals surface area contributed by atoms with Gasteiger partial charge in [-0.05, 0) is 60.1 Å². The molecule has 0 atom stereocenters. The molecule has 8 N–H and O–H groups in total. The number of benzene rings is 3. The zero-order valence-corrected chi connectivity index (χ0v) is 25.3. The number of hydrogen-bond acceptors (Lipinski definition) is 7. The van der Waals surface area contributed by atoms with Gasteiger partial charge in [0, 0.05) is 36.4 Å². The third kappa shape index (κ3) is 10.0. The summed E-state index contributed by atoms with van der Waals surface area (Å²) in [5.41, 5.74) is 13.0. The molecule has 0 aliphatic carbocycles. The molecule has 1 aliphatic rings. The average Bonchev–Trinajstić information content (AvgIpc) is 2.92. The number of fused-ring (bicyclic) bond motifs is 1. The van der Waals surface area contributed by atoms with Crippen molar-refractivity contribution in [3.63, 3.8) is 0 Å². The fourth-order valence-electron chi connectivity index (χ4n) is 4.37. The van der Waals surface area contributed by atoms with Gasteiger partial charge in [-0.1, -0.05) is 18.2 Å². The Labute approximate surface area is 262 Å². The number of carbonyl (C=O) groups is 2. The van der Waals surface area contributed by atoms with Crippen LogP contribution in [0.15, 0.2) is 54.6 Å². The fourth-order valence-corrected chi connectivity index (χ4v) is 4.37. The van der Waals surface area contributed by atoms with Crippen molar-refractivity contribution in [1.29, 1.82) is 10.8 Å². The minimum absolute atomic E-state index is 0. The van der Waals surface area contributed by atoms with Gasteiger partial charge in [-0.2, -0.15) is 0 Å². The van der Waals surface area contributed by atoms with Crippen LogP contribution in [-0.4, -0.2) is 68.0 Å². The number of carbonyl (C=O) groups excluding carboxylic acids is 2. The smallest absolute Gasteiger partial charge is 0.343 e. The van der Waals surface area contributed by atoms with E-state index in [1.807, 2.05) is 0 Å². The fraction of sp³-hybridized carbons (Fsp3) is 0.286. The van der Waals surface area contributed by atoms with Crippen LogP contribution in [0.1, 0.15) is 27.9 Å². The van der Waals surface area contributed by atoms with E-state index in [1.54, 1.807) is 54.6 Å². The van der Waals surface area contributed by atoms with Gasteiger partial charge in [0.2, 0.25) is 5.91 Å². The molecule has 1 heterocycles. The Morgan fingerprint density at radius 2 is 1.60 bits per heavy atom. The normalized spacial score (nSPS) is 12.6. The summed E-state index contributed by atoms with van der Waals surface area (Å²) in [7, 11) is 0. The second kappa shape index (κ2) is 17.4. The molecule has 1 fully saturated rings. The first kappa shape index (κ1) is 36.4. The molecule has 0 saturated carbocycles. The molecule has 1 amide bonds. The van der Waals surface area contributed by atoms with Crippen molar-refractivity contribution in [2.45, 2.75) is 12.8 Å². The van der Waals surface area contributed by atoms with E-state index in [0.717, 1.165) is 44.7 Å². The summed E-state index contributed by atoms with van der Waals surface area (Å²) in [5.74, 6) is -0.831. The van der Waals surface area contributed by atoms with Crippen molar-refractivity contribution in [2.75, 3.05) is 44.7 Å². The number of rotatable bonds is 10. The summed E-state index contributed by atoms with van der Waals surface area (Å²) in [6.45, 7) is 5.06. The van der Waals surface area contributed by atoms with Crippen LogP contribution < -0.4 is 26.8 Å². The zero-order chi connectivity index (χ0) is 27.8. The molecule has 0 unspecified atom stereocenters. The van der Waals surface area contributed by atoms with Crippen LogP contribution in [0.5, 0.6) is 5.75 Å². The lowest BCUT2D eigenvalue weighted by Gasteiger charge is -2.26. The van der Waals surface area contributed by atoms with Crippen LogP contribution in [-0.2, 0) is 16.0 Å². The molecule has 3 aromatic rings. The number of nitrogens with zero attached hydrogens (tertiary/aromatic N) is 1. The molecule has 0 aromatic heterocycles. The number of morpholine rings is 1. The Balaban J connectivity index is 0.00000294. The first-order valence-electron chi connectivity index (χ1n) is 12.7. The number of nitrogens with one attached hydrogen (secondary N) is 4. The van der Waals surface area contributed by atoms with E-state index in [1.165, 1.54) is 0 Å². The summed E-state index contributed by atoms with van der Waals surface area (Å²) in [6, 6.07) is 15.1. The number of primary amides is 1. The highest BCUT2D eigenvalue weighted by atomic mass is 35.5. The molecular weight excluding hydrogens is 605 g/mol. The van der Waals surface area contributed by atoms with Gasteiger partial charge >= 0.3 is 5.97 Å². The lowest BCUT2D eigenvalue weighted by atomic mass is 9.98. The van der Waals surface area contributed by atoms with Gasteiger partial charge in [0.05, 0.1) is 25.2 Å². The van der Waals surface area contributed by atoms with E-state index >= 15 is 0 Å². The van der Waals surface area contributed by atoms with Crippen LogP contribution in [0.4, 0.5) is 5.69 Å². The Kier molecular flexibility index (Phi) is 15.1. The quantitative estimate of drug-likeness (QED) is 0.0642. The Morgan fingerprint density at radius 1 is 0.929 bits per heavy atom. The Hall–Kier alpha value is -3.61. The van der Waals surface area contributed by atoms with Crippen LogP contribution in [0.25, 0.3) is 10.8 Å². The van der Waals surface area contributed by atoms with E-state index in [9.17, 15) is 9.59 Å². The molecule has 228 valence electrons. The highest BCUT2D eigenvalue weighted by Gasteiger charge is 2.17. The molecule has 0 radical (unpaired) electrons. The summed E-state index contributed by atoms with van der Waals surface area (Å²) >= 11 is 0. The van der Waals surface area contributed by atoms with Gasteiger partial charge in [0.25, 0.3) is 0 Å². The van der Waals surface area contributed by atoms with E-state index < -0.39 is 11.9 Å². The molecule has 0 spiro atoms. The maximum Gasteiger partial charge on any atom is 0.343 e. The first-order chi connectivity index (χ1) is 18.8. The maximum atomic E-state index is 12.9. The molecule has 14 heteroatoms. The van der Waals surface area contributed by atoms with Gasteiger partial charge in [-0.15, -0.1) is 37.2 Å². The zero-order valence-electron chi connectivity index (χ0n) is 22.8. The first-order valence-corrected chi connectivity index (χ1v) is 12.7. The average molecular weight is 641 g/mol. The molecular formula is C28H36Cl3N7O4. The topological polar surface area (TPSA) is 180 Å². The number of nitrogen functional groups attached to an aromatic ring is 1. The number of guanidine groups is 1. The van der Waals surface area contributed by atoms with Crippen molar-refractivity contribution >= 4 is 77.4 Å². The molecule has 1 aliphatic heterocycles. The van der Waals surface area contributed by atoms with Gasteiger partial charge in [0.1, 0.15) is 11.6 Å². The predicted octanol–water partition coefficient (Wildman–Crippen LogP) is 3.29. The molecule has 1 saturated heterocycles. The van der Waals surface area contributed by atoms with E-state index in [0.29, 0.717) is 34.3 Å². The molecule has 3 aromatic carbocycles. The summed E-state index contributed by atoms with van der Waals surface area (Å²) < 4.78 is 11.0. The number of amides is 1. The lowest BCUT2D eigenvalue weighted by Crippen LogP contribution is -2.38. The highest BCUT2D eigenvalue weighted by molar-refractivity contribution is 6.01. The van der Waals surface area contributed by atoms with Crippen molar-refractivity contribution in [2.24, 2.45) is 11.5 Å². The minimum atomic E-state index is -0.594. The molecule has 0 bridgehead atoms. The maximum absolute atomic E-state index is 12.9.